The van der Waals surface area contributed by atoms with Gasteiger partial charge in [0.05, 0.1) is 16.9 Å². The van der Waals surface area contributed by atoms with Crippen LogP contribution in [0, 0.1) is 6.92 Å². The monoisotopic (exact) mass is 454 g/mol. The van der Waals surface area contributed by atoms with Crippen molar-refractivity contribution in [1.29, 1.82) is 0 Å². The number of aromatic nitrogens is 3. The van der Waals surface area contributed by atoms with Gasteiger partial charge >= 0.3 is 7.12 Å². The molecule has 4 aromatic rings. The molecule has 6 nitrogen and oxygen atoms in total. The Balaban J connectivity index is 1.26. The van der Waals surface area contributed by atoms with Crippen molar-refractivity contribution in [3.05, 3.63) is 72.7 Å². The van der Waals surface area contributed by atoms with Gasteiger partial charge in [-0.1, -0.05) is 42.5 Å². The number of aryl methyl sites for hydroxylation is 1. The molecule has 5 rings (SSSR count). The number of hydrogen-bond acceptors (Lipinski definition) is 5. The van der Waals surface area contributed by atoms with Crippen LogP contribution in [-0.2, 0) is 15.9 Å². The van der Waals surface area contributed by atoms with Crippen LogP contribution in [0.2, 0.25) is 0 Å². The summed E-state index contributed by atoms with van der Waals surface area (Å²) in [5.41, 5.74) is 4.72. The van der Waals surface area contributed by atoms with E-state index in [0.717, 1.165) is 35.6 Å². The standard InChI is InChI=1S/C27H31BN4O2/c1-19-16-21-8-6-7-9-24(21)32(19)15-14-29-25-17-23(30-18-31-25)20-10-12-22(13-11-20)28-33-26(2,3)27(4,5)34-28/h6-13,16-18H,14-15H2,1-5H3,(H,29,30,31). The molecule has 0 saturated carbocycles. The Kier molecular flexibility index (Phi) is 5.70. The lowest BCUT2D eigenvalue weighted by atomic mass is 9.79. The largest absolute Gasteiger partial charge is 0.494 e. The van der Waals surface area contributed by atoms with Crippen LogP contribution in [0.4, 0.5) is 5.82 Å². The summed E-state index contributed by atoms with van der Waals surface area (Å²) in [6, 6.07) is 20.9. The van der Waals surface area contributed by atoms with E-state index in [-0.39, 0.29) is 18.3 Å². The van der Waals surface area contributed by atoms with Gasteiger partial charge in [-0.25, -0.2) is 9.97 Å². The molecule has 0 bridgehead atoms. The predicted molar refractivity (Wildman–Crippen MR) is 138 cm³/mol. The number of benzene rings is 2. The van der Waals surface area contributed by atoms with E-state index in [0.29, 0.717) is 0 Å². The first-order valence-corrected chi connectivity index (χ1v) is 11.8. The molecule has 0 unspecified atom stereocenters. The third kappa shape index (κ3) is 4.21. The van der Waals surface area contributed by atoms with E-state index >= 15 is 0 Å². The molecule has 0 radical (unpaired) electrons. The molecular weight excluding hydrogens is 423 g/mol. The Morgan fingerprint density at radius 3 is 2.35 bits per heavy atom. The first-order chi connectivity index (χ1) is 16.2. The lowest BCUT2D eigenvalue weighted by Gasteiger charge is -2.32. The number of para-hydroxylation sites is 1. The van der Waals surface area contributed by atoms with Gasteiger partial charge < -0.3 is 19.2 Å². The molecule has 2 aromatic heterocycles. The Morgan fingerprint density at radius 2 is 1.62 bits per heavy atom. The van der Waals surface area contributed by atoms with Gasteiger partial charge in [0.25, 0.3) is 0 Å². The molecule has 0 aliphatic carbocycles. The SMILES string of the molecule is Cc1cc2ccccc2n1CCNc1cc(-c2ccc(B3OC(C)(C)C(C)(C)O3)cc2)ncn1. The molecule has 1 fully saturated rings. The van der Waals surface area contributed by atoms with Crippen LogP contribution in [0.5, 0.6) is 0 Å². The maximum absolute atomic E-state index is 6.17. The predicted octanol–water partition coefficient (Wildman–Crippen LogP) is 4.82. The normalized spacial score (nSPS) is 16.8. The molecule has 1 N–H and O–H groups in total. The Hall–Kier alpha value is -3.16. The fourth-order valence-electron chi connectivity index (χ4n) is 4.34. The van der Waals surface area contributed by atoms with E-state index in [1.165, 1.54) is 16.6 Å². The van der Waals surface area contributed by atoms with Crippen LogP contribution >= 0.6 is 0 Å². The molecule has 1 aliphatic rings. The summed E-state index contributed by atoms with van der Waals surface area (Å²) >= 11 is 0. The van der Waals surface area contributed by atoms with E-state index in [4.69, 9.17) is 9.31 Å². The summed E-state index contributed by atoms with van der Waals surface area (Å²) in [7, 11) is -0.366. The van der Waals surface area contributed by atoms with E-state index < -0.39 is 0 Å². The molecule has 0 amide bonds. The minimum Gasteiger partial charge on any atom is -0.399 e. The molecule has 0 spiro atoms. The molecule has 7 heteroatoms. The highest BCUT2D eigenvalue weighted by Gasteiger charge is 2.51. The molecular formula is C27H31BN4O2. The second kappa shape index (κ2) is 8.56. The average Bonchev–Trinajstić information content (AvgIpc) is 3.25. The van der Waals surface area contributed by atoms with Crippen LogP contribution in [0.1, 0.15) is 33.4 Å². The van der Waals surface area contributed by atoms with Gasteiger partial charge in [0, 0.05) is 35.9 Å². The molecule has 1 saturated heterocycles. The number of hydrogen-bond donors (Lipinski definition) is 1. The van der Waals surface area contributed by atoms with E-state index in [9.17, 15) is 0 Å². The number of rotatable bonds is 6. The molecule has 174 valence electrons. The quantitative estimate of drug-likeness (QED) is 0.424. The Labute approximate surface area is 201 Å². The van der Waals surface area contributed by atoms with Gasteiger partial charge in [0.1, 0.15) is 12.1 Å². The fraction of sp³-hybridized carbons (Fsp3) is 0.333. The van der Waals surface area contributed by atoms with Crippen LogP contribution < -0.4 is 10.8 Å². The third-order valence-electron chi connectivity index (χ3n) is 7.06. The fourth-order valence-corrected chi connectivity index (χ4v) is 4.34. The van der Waals surface area contributed by atoms with E-state index in [1.807, 2.05) is 18.2 Å². The maximum Gasteiger partial charge on any atom is 0.494 e. The van der Waals surface area contributed by atoms with Gasteiger partial charge in [-0.3, -0.25) is 0 Å². The minimum atomic E-state index is -0.366. The summed E-state index contributed by atoms with van der Waals surface area (Å²) in [5.74, 6) is 0.814. The first-order valence-electron chi connectivity index (χ1n) is 11.8. The number of nitrogens with one attached hydrogen (secondary N) is 1. The molecule has 34 heavy (non-hydrogen) atoms. The minimum absolute atomic E-state index is 0.352. The van der Waals surface area contributed by atoms with E-state index in [1.54, 1.807) is 6.33 Å². The molecule has 0 atom stereocenters. The highest BCUT2D eigenvalue weighted by molar-refractivity contribution is 6.62. The van der Waals surface area contributed by atoms with Crippen molar-refractivity contribution >= 4 is 29.3 Å². The zero-order chi connectivity index (χ0) is 23.9. The molecule has 1 aliphatic heterocycles. The summed E-state index contributed by atoms with van der Waals surface area (Å²) < 4.78 is 14.7. The topological polar surface area (TPSA) is 61.2 Å². The van der Waals surface area contributed by atoms with Crippen molar-refractivity contribution in [2.24, 2.45) is 0 Å². The number of fused-ring (bicyclic) bond motifs is 1. The van der Waals surface area contributed by atoms with Gasteiger partial charge in [0.15, 0.2) is 0 Å². The van der Waals surface area contributed by atoms with Crippen molar-refractivity contribution in [3.63, 3.8) is 0 Å². The van der Waals surface area contributed by atoms with Crippen LogP contribution in [0.15, 0.2) is 67.0 Å². The first kappa shape index (κ1) is 22.6. The summed E-state index contributed by atoms with van der Waals surface area (Å²) in [6.07, 6.45) is 1.61. The van der Waals surface area contributed by atoms with Gasteiger partial charge in [-0.15, -0.1) is 0 Å². The lowest BCUT2D eigenvalue weighted by Crippen LogP contribution is -2.41. The average molecular weight is 454 g/mol. The van der Waals surface area contributed by atoms with Crippen LogP contribution in [0.3, 0.4) is 0 Å². The smallest absolute Gasteiger partial charge is 0.399 e. The summed E-state index contributed by atoms with van der Waals surface area (Å²) in [4.78, 5) is 8.89. The zero-order valence-electron chi connectivity index (χ0n) is 20.5. The van der Waals surface area contributed by atoms with Gasteiger partial charge in [-0.05, 0) is 57.6 Å². The third-order valence-corrected chi connectivity index (χ3v) is 7.06. The summed E-state index contributed by atoms with van der Waals surface area (Å²) in [6.45, 7) is 12.1. The number of nitrogens with zero attached hydrogens (tertiary/aromatic N) is 3. The van der Waals surface area contributed by atoms with Crippen LogP contribution in [-0.4, -0.2) is 39.4 Å². The van der Waals surface area contributed by atoms with Crippen LogP contribution in [0.25, 0.3) is 22.2 Å². The van der Waals surface area contributed by atoms with Crippen molar-refractivity contribution in [1.82, 2.24) is 14.5 Å². The summed E-state index contributed by atoms with van der Waals surface area (Å²) in [5, 5.41) is 4.72. The van der Waals surface area contributed by atoms with Gasteiger partial charge in [-0.2, -0.15) is 0 Å². The van der Waals surface area contributed by atoms with Crippen molar-refractivity contribution < 1.29 is 9.31 Å². The lowest BCUT2D eigenvalue weighted by molar-refractivity contribution is 0.00578. The molecule has 3 heterocycles. The Morgan fingerprint density at radius 1 is 0.912 bits per heavy atom. The molecule has 2 aromatic carbocycles. The second-order valence-corrected chi connectivity index (χ2v) is 9.92. The van der Waals surface area contributed by atoms with E-state index in [2.05, 4.69) is 96.9 Å². The highest BCUT2D eigenvalue weighted by atomic mass is 16.7. The number of anilines is 1. The highest BCUT2D eigenvalue weighted by Crippen LogP contribution is 2.36. The van der Waals surface area contributed by atoms with Gasteiger partial charge in [0.2, 0.25) is 0 Å². The second-order valence-electron chi connectivity index (χ2n) is 9.92. The van der Waals surface area contributed by atoms with Crippen molar-refractivity contribution in [2.45, 2.75) is 52.4 Å². The Bertz CT molecular complexity index is 1300. The van der Waals surface area contributed by atoms with Crippen molar-refractivity contribution in [3.8, 4) is 11.3 Å². The van der Waals surface area contributed by atoms with Crippen molar-refractivity contribution in [2.75, 3.05) is 11.9 Å². The maximum atomic E-state index is 6.17. The zero-order valence-corrected chi connectivity index (χ0v) is 20.5.